The fraction of sp³-hybridized carbons (Fsp3) is 0.385. The summed E-state index contributed by atoms with van der Waals surface area (Å²) < 4.78 is 4.98. The highest BCUT2D eigenvalue weighted by Crippen LogP contribution is 2.19. The minimum absolute atomic E-state index is 0.185. The van der Waals surface area contributed by atoms with Gasteiger partial charge in [0.25, 0.3) is 0 Å². The number of benzene rings is 1. The lowest BCUT2D eigenvalue weighted by atomic mass is 10.2. The number of hydrogen-bond acceptors (Lipinski definition) is 5. The molecule has 6 heteroatoms. The van der Waals surface area contributed by atoms with E-state index < -0.39 is 24.0 Å². The fourth-order valence-electron chi connectivity index (χ4n) is 1.18. The Morgan fingerprint density at radius 2 is 2.00 bits per heavy atom. The van der Waals surface area contributed by atoms with Gasteiger partial charge in [-0.1, -0.05) is 25.1 Å². The van der Waals surface area contributed by atoms with Gasteiger partial charge < -0.3 is 9.84 Å². The highest BCUT2D eigenvalue weighted by atomic mass is 32.2. The zero-order valence-electron chi connectivity index (χ0n) is 10.5. The third kappa shape index (κ3) is 5.57. The normalized spacial score (nSPS) is 13.6. The Hall–Kier alpha value is -1.14. The third-order valence-electron chi connectivity index (χ3n) is 2.35. The molecule has 0 aliphatic rings. The largest absolute Gasteiger partial charge is 0.478 e. The number of carbonyl (C=O) groups excluding carboxylic acids is 1. The molecule has 0 radical (unpaired) electrons. The lowest BCUT2D eigenvalue weighted by Crippen LogP contribution is -2.32. The van der Waals surface area contributed by atoms with E-state index in [9.17, 15) is 9.59 Å². The first kappa shape index (κ1) is 15.9. The molecule has 19 heavy (non-hydrogen) atoms. The van der Waals surface area contributed by atoms with Gasteiger partial charge >= 0.3 is 11.9 Å². The van der Waals surface area contributed by atoms with E-state index in [-0.39, 0.29) is 5.75 Å². The quantitative estimate of drug-likeness (QED) is 0.460. The Balaban J connectivity index is 2.54. The number of hydrogen-bond donors (Lipinski definition) is 2. The average Bonchev–Trinajstić information content (AvgIpc) is 2.42. The lowest BCUT2D eigenvalue weighted by molar-refractivity contribution is -0.164. The fourth-order valence-corrected chi connectivity index (χ4v) is 2.23. The van der Waals surface area contributed by atoms with E-state index in [2.05, 4.69) is 12.6 Å². The van der Waals surface area contributed by atoms with Crippen LogP contribution in [0.2, 0.25) is 0 Å². The van der Waals surface area contributed by atoms with Gasteiger partial charge in [0, 0.05) is 16.4 Å². The summed E-state index contributed by atoms with van der Waals surface area (Å²) in [5.41, 5.74) is 0. The highest BCUT2D eigenvalue weighted by Gasteiger charge is 2.24. The Labute approximate surface area is 121 Å². The maximum atomic E-state index is 11.6. The molecule has 0 heterocycles. The average molecular weight is 300 g/mol. The number of esters is 1. The first-order chi connectivity index (χ1) is 9.04. The first-order valence-corrected chi connectivity index (χ1v) is 7.38. The minimum atomic E-state index is -1.14. The molecule has 2 atom stereocenters. The van der Waals surface area contributed by atoms with Crippen LogP contribution in [0.3, 0.4) is 0 Å². The van der Waals surface area contributed by atoms with Crippen molar-refractivity contribution in [3.63, 3.8) is 0 Å². The summed E-state index contributed by atoms with van der Waals surface area (Å²) in [6.07, 6.45) is -1.14. The van der Waals surface area contributed by atoms with Crippen molar-refractivity contribution in [2.45, 2.75) is 17.9 Å². The molecule has 0 saturated carbocycles. The van der Waals surface area contributed by atoms with Crippen LogP contribution in [0.15, 0.2) is 35.2 Å². The number of thiol groups is 1. The van der Waals surface area contributed by atoms with Crippen LogP contribution in [-0.4, -0.2) is 34.7 Å². The van der Waals surface area contributed by atoms with Crippen LogP contribution in [0.25, 0.3) is 0 Å². The summed E-state index contributed by atoms with van der Waals surface area (Å²) >= 11 is 5.33. The monoisotopic (exact) mass is 300 g/mol. The van der Waals surface area contributed by atoms with Crippen LogP contribution >= 0.6 is 24.4 Å². The number of rotatable bonds is 7. The number of carboxylic acid groups (broad SMARTS) is 1. The number of ether oxygens (including phenoxy) is 1. The molecule has 0 unspecified atom stereocenters. The molecule has 0 spiro atoms. The molecule has 0 aliphatic carbocycles. The van der Waals surface area contributed by atoms with Gasteiger partial charge in [0.05, 0.1) is 5.92 Å². The van der Waals surface area contributed by atoms with E-state index >= 15 is 0 Å². The van der Waals surface area contributed by atoms with Gasteiger partial charge in [0.15, 0.2) is 0 Å². The summed E-state index contributed by atoms with van der Waals surface area (Å²) in [7, 11) is 0. The molecule has 1 N–H and O–H groups in total. The van der Waals surface area contributed by atoms with Crippen LogP contribution in [0.5, 0.6) is 0 Å². The van der Waals surface area contributed by atoms with E-state index in [0.29, 0.717) is 5.75 Å². The summed E-state index contributed by atoms with van der Waals surface area (Å²) in [6, 6.07) is 9.37. The van der Waals surface area contributed by atoms with E-state index in [4.69, 9.17) is 9.84 Å². The lowest BCUT2D eigenvalue weighted by Gasteiger charge is -2.15. The molecule has 104 valence electrons. The number of carbonyl (C=O) groups is 2. The first-order valence-electron chi connectivity index (χ1n) is 5.76. The van der Waals surface area contributed by atoms with Crippen molar-refractivity contribution >= 4 is 36.3 Å². The second kappa shape index (κ2) is 8.12. The number of aliphatic carboxylic acids is 1. The molecule has 0 fully saturated rings. The van der Waals surface area contributed by atoms with Gasteiger partial charge in [-0.25, -0.2) is 4.79 Å². The van der Waals surface area contributed by atoms with E-state index in [1.54, 1.807) is 6.92 Å². The van der Waals surface area contributed by atoms with Gasteiger partial charge in [-0.15, -0.1) is 11.8 Å². The molecule has 0 bridgehead atoms. The zero-order valence-corrected chi connectivity index (χ0v) is 12.2. The Morgan fingerprint density at radius 3 is 2.53 bits per heavy atom. The molecule has 1 aromatic rings. The van der Waals surface area contributed by atoms with Crippen molar-refractivity contribution in [2.75, 3.05) is 11.5 Å². The molecule has 4 nitrogen and oxygen atoms in total. The van der Waals surface area contributed by atoms with Crippen LogP contribution in [0.4, 0.5) is 0 Å². The van der Waals surface area contributed by atoms with Crippen molar-refractivity contribution in [2.24, 2.45) is 5.92 Å². The Morgan fingerprint density at radius 1 is 1.37 bits per heavy atom. The second-order valence-electron chi connectivity index (χ2n) is 3.97. The molecular formula is C13H16O4S2. The van der Waals surface area contributed by atoms with Gasteiger partial charge in [0.1, 0.15) is 0 Å². The zero-order chi connectivity index (χ0) is 14.3. The van der Waals surface area contributed by atoms with Crippen molar-refractivity contribution in [1.82, 2.24) is 0 Å². The van der Waals surface area contributed by atoms with Crippen molar-refractivity contribution in [3.05, 3.63) is 30.3 Å². The van der Waals surface area contributed by atoms with E-state index in [0.717, 1.165) is 4.90 Å². The Bertz CT molecular complexity index is 422. The van der Waals surface area contributed by atoms with Crippen molar-refractivity contribution < 1.29 is 19.4 Å². The van der Waals surface area contributed by atoms with Crippen molar-refractivity contribution in [3.8, 4) is 0 Å². The SMILES string of the molecule is C[C@H](CS)C(=O)O[C@@H](CSc1ccccc1)C(=O)O. The maximum Gasteiger partial charge on any atom is 0.345 e. The molecule has 0 aliphatic heterocycles. The molecule has 1 aromatic carbocycles. The molecule has 1 rings (SSSR count). The summed E-state index contributed by atoms with van der Waals surface area (Å²) in [5, 5.41) is 9.04. The van der Waals surface area contributed by atoms with Crippen LogP contribution < -0.4 is 0 Å². The van der Waals surface area contributed by atoms with E-state index in [1.807, 2.05) is 30.3 Å². The standard InChI is InChI=1S/C13H16O4S2/c1-9(7-18)13(16)17-11(12(14)15)8-19-10-5-3-2-4-6-10/h2-6,9,11,18H,7-8H2,1H3,(H,14,15)/t9-,11+/m1/s1. The molecular weight excluding hydrogens is 284 g/mol. The van der Waals surface area contributed by atoms with E-state index in [1.165, 1.54) is 11.8 Å². The number of thioether (sulfide) groups is 1. The summed E-state index contributed by atoms with van der Waals surface area (Å²) in [5.74, 6) is -1.56. The van der Waals surface area contributed by atoms with Gasteiger partial charge in [0.2, 0.25) is 6.10 Å². The van der Waals surface area contributed by atoms with Crippen molar-refractivity contribution in [1.29, 1.82) is 0 Å². The summed E-state index contributed by atoms with van der Waals surface area (Å²) in [4.78, 5) is 23.6. The van der Waals surface area contributed by atoms with Gasteiger partial charge in [-0.3, -0.25) is 4.79 Å². The predicted molar refractivity (Wildman–Crippen MR) is 77.7 cm³/mol. The van der Waals surface area contributed by atoms with Crippen LogP contribution in [-0.2, 0) is 14.3 Å². The third-order valence-corrected chi connectivity index (χ3v) is 3.98. The summed E-state index contributed by atoms with van der Waals surface area (Å²) in [6.45, 7) is 1.65. The predicted octanol–water partition coefficient (Wildman–Crippen LogP) is 2.34. The second-order valence-corrected chi connectivity index (χ2v) is 5.43. The highest BCUT2D eigenvalue weighted by molar-refractivity contribution is 7.99. The molecule has 0 aromatic heterocycles. The minimum Gasteiger partial charge on any atom is -0.478 e. The van der Waals surface area contributed by atoms with Crippen LogP contribution in [0.1, 0.15) is 6.92 Å². The number of carboxylic acids is 1. The molecule has 0 saturated heterocycles. The van der Waals surface area contributed by atoms with Gasteiger partial charge in [-0.05, 0) is 12.1 Å². The van der Waals surface area contributed by atoms with Crippen LogP contribution in [0, 0.1) is 5.92 Å². The smallest absolute Gasteiger partial charge is 0.345 e. The molecule has 0 amide bonds. The maximum absolute atomic E-state index is 11.6. The topological polar surface area (TPSA) is 63.6 Å². The Kier molecular flexibility index (Phi) is 6.80. The van der Waals surface area contributed by atoms with Gasteiger partial charge in [-0.2, -0.15) is 12.6 Å².